The van der Waals surface area contributed by atoms with Gasteiger partial charge in [0.2, 0.25) is 0 Å². The second-order valence-electron chi connectivity index (χ2n) is 2.80. The summed E-state index contributed by atoms with van der Waals surface area (Å²) < 4.78 is 4.98. The van der Waals surface area contributed by atoms with Crippen molar-refractivity contribution in [2.24, 2.45) is 0 Å². The van der Waals surface area contributed by atoms with Crippen molar-refractivity contribution in [3.05, 3.63) is 36.5 Å². The topological polar surface area (TPSA) is 56.0 Å². The molecule has 0 N–H and O–H groups in total. The van der Waals surface area contributed by atoms with Crippen LogP contribution in [-0.2, 0) is 0 Å². The third-order valence-corrected chi connectivity index (χ3v) is 1.79. The number of oxazole rings is 1. The van der Waals surface area contributed by atoms with Gasteiger partial charge >= 0.3 is 0 Å². The second-order valence-corrected chi connectivity index (χ2v) is 2.80. The Hall–Kier alpha value is -1.97. The Morgan fingerprint density at radius 3 is 2.86 bits per heavy atom. The van der Waals surface area contributed by atoms with Crippen LogP contribution in [0.5, 0.6) is 0 Å². The van der Waals surface area contributed by atoms with Crippen molar-refractivity contribution in [2.45, 2.75) is 6.92 Å². The van der Waals surface area contributed by atoms with E-state index in [1.165, 1.54) is 13.3 Å². The first-order valence-electron chi connectivity index (χ1n) is 4.15. The van der Waals surface area contributed by atoms with Crippen LogP contribution in [0.15, 0.2) is 35.2 Å². The van der Waals surface area contributed by atoms with E-state index in [2.05, 4.69) is 9.97 Å². The number of rotatable bonds is 2. The maximum Gasteiger partial charge on any atom is 0.199 e. The quantitative estimate of drug-likeness (QED) is 0.676. The van der Waals surface area contributed by atoms with E-state index in [-0.39, 0.29) is 11.5 Å². The van der Waals surface area contributed by atoms with Crippen LogP contribution in [0.25, 0.3) is 11.4 Å². The zero-order chi connectivity index (χ0) is 9.97. The third-order valence-electron chi connectivity index (χ3n) is 1.79. The molecule has 14 heavy (non-hydrogen) atoms. The lowest BCUT2D eigenvalue weighted by atomic mass is 10.2. The number of carbonyl (C=O) groups excluding carboxylic acids is 1. The molecule has 0 radical (unpaired) electrons. The molecule has 70 valence electrons. The highest BCUT2D eigenvalue weighted by atomic mass is 16.3. The fourth-order valence-electron chi connectivity index (χ4n) is 1.18. The molecule has 0 spiro atoms. The van der Waals surface area contributed by atoms with Gasteiger partial charge in [0, 0.05) is 13.1 Å². The molecule has 0 aliphatic heterocycles. The number of carbonyl (C=O) groups is 1. The molecule has 0 fully saturated rings. The van der Waals surface area contributed by atoms with Gasteiger partial charge in [-0.2, -0.15) is 0 Å². The first-order valence-corrected chi connectivity index (χ1v) is 4.15. The molecule has 2 heterocycles. The van der Waals surface area contributed by atoms with Crippen LogP contribution in [-0.4, -0.2) is 15.8 Å². The summed E-state index contributed by atoms with van der Waals surface area (Å²) in [6.07, 6.45) is 2.90. The van der Waals surface area contributed by atoms with Gasteiger partial charge in [0.05, 0.1) is 5.69 Å². The van der Waals surface area contributed by atoms with Crippen molar-refractivity contribution in [1.82, 2.24) is 9.97 Å². The Morgan fingerprint density at radius 2 is 2.21 bits per heavy atom. The largest absolute Gasteiger partial charge is 0.440 e. The minimum absolute atomic E-state index is 0.150. The van der Waals surface area contributed by atoms with Gasteiger partial charge in [0.1, 0.15) is 5.69 Å². The lowest BCUT2D eigenvalue weighted by Crippen LogP contribution is -1.94. The van der Waals surface area contributed by atoms with Crippen molar-refractivity contribution in [3.63, 3.8) is 0 Å². The van der Waals surface area contributed by atoms with Crippen molar-refractivity contribution in [3.8, 4) is 11.4 Å². The van der Waals surface area contributed by atoms with Crippen molar-refractivity contribution < 1.29 is 9.21 Å². The van der Waals surface area contributed by atoms with Gasteiger partial charge in [-0.1, -0.05) is 6.07 Å². The summed E-state index contributed by atoms with van der Waals surface area (Å²) >= 11 is 0. The van der Waals surface area contributed by atoms with Crippen LogP contribution in [0, 0.1) is 0 Å². The summed E-state index contributed by atoms with van der Waals surface area (Å²) in [5.74, 6) is 0.104. The van der Waals surface area contributed by atoms with Crippen LogP contribution < -0.4 is 0 Å². The Balaban J connectivity index is 2.52. The van der Waals surface area contributed by atoms with E-state index < -0.39 is 0 Å². The predicted molar refractivity (Wildman–Crippen MR) is 49.7 cm³/mol. The maximum atomic E-state index is 11.1. The fraction of sp³-hybridized carbons (Fsp3) is 0.100. The lowest BCUT2D eigenvalue weighted by Gasteiger charge is -1.95. The van der Waals surface area contributed by atoms with E-state index in [0.29, 0.717) is 11.4 Å². The van der Waals surface area contributed by atoms with Gasteiger partial charge in [0.15, 0.2) is 17.9 Å². The van der Waals surface area contributed by atoms with Crippen molar-refractivity contribution in [2.75, 3.05) is 0 Å². The monoisotopic (exact) mass is 188 g/mol. The first-order chi connectivity index (χ1) is 6.79. The molecule has 4 heteroatoms. The van der Waals surface area contributed by atoms with Crippen LogP contribution >= 0.6 is 0 Å². The Kier molecular flexibility index (Phi) is 2.10. The van der Waals surface area contributed by atoms with E-state index in [4.69, 9.17) is 4.42 Å². The molecule has 0 aliphatic carbocycles. The number of Topliss-reactive ketones (excluding diaryl/α,β-unsaturated/α-hetero) is 1. The van der Waals surface area contributed by atoms with Crippen LogP contribution in [0.2, 0.25) is 0 Å². The molecule has 0 saturated heterocycles. The van der Waals surface area contributed by atoms with Crippen LogP contribution in [0.4, 0.5) is 0 Å². The first kappa shape index (κ1) is 8.62. The van der Waals surface area contributed by atoms with Gasteiger partial charge < -0.3 is 4.42 Å². The number of pyridine rings is 1. The average molecular weight is 188 g/mol. The van der Waals surface area contributed by atoms with Crippen molar-refractivity contribution >= 4 is 5.78 Å². The molecule has 0 bridgehead atoms. The van der Waals surface area contributed by atoms with Gasteiger partial charge in [-0.25, -0.2) is 4.98 Å². The molecule has 0 saturated carbocycles. The van der Waals surface area contributed by atoms with Gasteiger partial charge in [-0.3, -0.25) is 9.78 Å². The number of hydrogen-bond acceptors (Lipinski definition) is 4. The van der Waals surface area contributed by atoms with E-state index in [0.717, 1.165) is 0 Å². The maximum absolute atomic E-state index is 11.1. The molecule has 2 aromatic heterocycles. The average Bonchev–Trinajstić information content (AvgIpc) is 2.67. The molecule has 2 aromatic rings. The van der Waals surface area contributed by atoms with Crippen LogP contribution in [0.3, 0.4) is 0 Å². The summed E-state index contributed by atoms with van der Waals surface area (Å²) in [5.41, 5.74) is 1.14. The number of hydrogen-bond donors (Lipinski definition) is 0. The van der Waals surface area contributed by atoms with Crippen molar-refractivity contribution in [1.29, 1.82) is 0 Å². The fourth-order valence-corrected chi connectivity index (χ4v) is 1.18. The summed E-state index contributed by atoms with van der Waals surface area (Å²) in [6.45, 7) is 1.44. The smallest absolute Gasteiger partial charge is 0.199 e. The Labute approximate surface area is 80.6 Å². The molecule has 4 nitrogen and oxygen atoms in total. The summed E-state index contributed by atoms with van der Waals surface area (Å²) in [5, 5.41) is 0. The molecule has 0 atom stereocenters. The van der Waals surface area contributed by atoms with Gasteiger partial charge in [0.25, 0.3) is 0 Å². The normalized spacial score (nSPS) is 10.1. The zero-order valence-corrected chi connectivity index (χ0v) is 7.60. The van der Waals surface area contributed by atoms with E-state index in [1.807, 2.05) is 6.07 Å². The number of nitrogens with zero attached hydrogens (tertiary/aromatic N) is 2. The molecular formula is C10H8N2O2. The third kappa shape index (κ3) is 1.42. The highest BCUT2D eigenvalue weighted by Crippen LogP contribution is 2.19. The summed E-state index contributed by atoms with van der Waals surface area (Å²) in [7, 11) is 0. The Morgan fingerprint density at radius 1 is 1.36 bits per heavy atom. The molecule has 0 aromatic carbocycles. The molecule has 0 amide bonds. The van der Waals surface area contributed by atoms with Gasteiger partial charge in [-0.15, -0.1) is 0 Å². The number of ketones is 1. The highest BCUT2D eigenvalue weighted by Gasteiger charge is 2.14. The minimum Gasteiger partial charge on any atom is -0.440 e. The molecule has 0 aliphatic rings. The van der Waals surface area contributed by atoms with E-state index in [9.17, 15) is 4.79 Å². The summed E-state index contributed by atoms with van der Waals surface area (Å²) in [6, 6.07) is 5.42. The van der Waals surface area contributed by atoms with E-state index in [1.54, 1.807) is 18.3 Å². The Bertz CT molecular complexity index is 448. The number of aromatic nitrogens is 2. The highest BCUT2D eigenvalue weighted by molar-refractivity contribution is 5.96. The SMILES string of the molecule is CC(=O)c1ocnc1-c1ccccn1. The second kappa shape index (κ2) is 3.41. The molecule has 0 unspecified atom stereocenters. The zero-order valence-electron chi connectivity index (χ0n) is 7.60. The predicted octanol–water partition coefficient (Wildman–Crippen LogP) is 1.94. The minimum atomic E-state index is -0.150. The standard InChI is InChI=1S/C10H8N2O2/c1-7(13)10-9(12-6-14-10)8-4-2-3-5-11-8/h2-6H,1H3. The molecule has 2 rings (SSSR count). The lowest BCUT2D eigenvalue weighted by molar-refractivity contribution is 0.0988. The van der Waals surface area contributed by atoms with Crippen LogP contribution in [0.1, 0.15) is 17.5 Å². The van der Waals surface area contributed by atoms with E-state index >= 15 is 0 Å². The summed E-state index contributed by atoms with van der Waals surface area (Å²) in [4.78, 5) is 19.2. The molecular weight excluding hydrogens is 180 g/mol. The van der Waals surface area contributed by atoms with Gasteiger partial charge in [-0.05, 0) is 12.1 Å².